The summed E-state index contributed by atoms with van der Waals surface area (Å²) in [7, 11) is 0. The van der Waals surface area contributed by atoms with Gasteiger partial charge in [0.15, 0.2) is 5.96 Å². The van der Waals surface area contributed by atoms with E-state index in [0.717, 1.165) is 51.5 Å². The van der Waals surface area contributed by atoms with Crippen molar-refractivity contribution in [3.63, 3.8) is 0 Å². The van der Waals surface area contributed by atoms with E-state index in [1.54, 1.807) is 12.1 Å². The Morgan fingerprint density at radius 2 is 2.07 bits per heavy atom. The minimum Gasteiger partial charge on any atom is -0.377 e. The predicted molar refractivity (Wildman–Crippen MR) is 117 cm³/mol. The maximum atomic E-state index is 14.2. The molecule has 1 aliphatic heterocycles. The van der Waals surface area contributed by atoms with Crippen LogP contribution in [0.2, 0.25) is 5.02 Å². The first-order valence-corrected chi connectivity index (χ1v) is 11.2. The molecule has 1 aromatic rings. The lowest BCUT2D eigenvalue weighted by Crippen LogP contribution is -2.49. The van der Waals surface area contributed by atoms with Crippen molar-refractivity contribution in [1.82, 2.24) is 15.5 Å². The number of ether oxygens (including phenoxy) is 1. The first kappa shape index (κ1) is 22.3. The van der Waals surface area contributed by atoms with E-state index in [9.17, 15) is 4.39 Å². The van der Waals surface area contributed by atoms with Gasteiger partial charge >= 0.3 is 0 Å². The van der Waals surface area contributed by atoms with Crippen LogP contribution in [0.15, 0.2) is 23.2 Å². The van der Waals surface area contributed by atoms with Gasteiger partial charge in [-0.05, 0) is 52.2 Å². The van der Waals surface area contributed by atoms with Gasteiger partial charge < -0.3 is 20.3 Å². The van der Waals surface area contributed by atoms with Crippen molar-refractivity contribution in [2.45, 2.75) is 64.1 Å². The minimum absolute atomic E-state index is 0.107. The van der Waals surface area contributed by atoms with Gasteiger partial charge in [0.05, 0.1) is 12.7 Å². The highest BCUT2D eigenvalue weighted by molar-refractivity contribution is 6.31. The smallest absolute Gasteiger partial charge is 0.191 e. The molecule has 2 N–H and O–H groups in total. The largest absolute Gasteiger partial charge is 0.377 e. The van der Waals surface area contributed by atoms with Crippen LogP contribution in [0, 0.1) is 5.82 Å². The van der Waals surface area contributed by atoms with Gasteiger partial charge in [0, 0.05) is 54.8 Å². The number of nitrogens with zero attached hydrogens (tertiary/aromatic N) is 2. The highest BCUT2D eigenvalue weighted by atomic mass is 35.5. The fourth-order valence-electron chi connectivity index (χ4n) is 3.92. The van der Waals surface area contributed by atoms with Crippen LogP contribution in [-0.4, -0.2) is 61.8 Å². The highest BCUT2D eigenvalue weighted by Crippen LogP contribution is 2.44. The van der Waals surface area contributed by atoms with Crippen molar-refractivity contribution < 1.29 is 9.13 Å². The lowest BCUT2D eigenvalue weighted by Gasteiger charge is -2.33. The fourth-order valence-corrected chi connectivity index (χ4v) is 4.22. The minimum atomic E-state index is -0.220. The fraction of sp³-hybridized carbons (Fsp3) is 0.682. The average Bonchev–Trinajstić information content (AvgIpc) is 3.41. The molecule has 1 aromatic carbocycles. The Morgan fingerprint density at radius 3 is 2.72 bits per heavy atom. The van der Waals surface area contributed by atoms with Gasteiger partial charge in [0.2, 0.25) is 0 Å². The Kier molecular flexibility index (Phi) is 8.16. The van der Waals surface area contributed by atoms with Gasteiger partial charge in [-0.3, -0.25) is 4.99 Å². The van der Waals surface area contributed by atoms with Crippen LogP contribution in [-0.2, 0) is 4.74 Å². The Hall–Kier alpha value is -1.37. The number of halogens is 2. The molecule has 1 saturated heterocycles. The van der Waals surface area contributed by atoms with Crippen LogP contribution < -0.4 is 10.6 Å². The summed E-state index contributed by atoms with van der Waals surface area (Å²) in [5.74, 6) is 0.715. The van der Waals surface area contributed by atoms with Crippen molar-refractivity contribution >= 4 is 17.6 Å². The molecule has 0 radical (unpaired) electrons. The van der Waals surface area contributed by atoms with E-state index in [-0.39, 0.29) is 17.8 Å². The van der Waals surface area contributed by atoms with Crippen molar-refractivity contribution in [3.05, 3.63) is 34.6 Å². The number of aliphatic imine (C=N–C) groups is 1. The number of hydrogen-bond acceptors (Lipinski definition) is 3. The van der Waals surface area contributed by atoms with Crippen molar-refractivity contribution in [1.29, 1.82) is 0 Å². The second-order valence-corrected chi connectivity index (χ2v) is 8.64. The lowest BCUT2D eigenvalue weighted by atomic mass is 10.1. The molecule has 1 heterocycles. The summed E-state index contributed by atoms with van der Waals surface area (Å²) in [5, 5.41) is 7.57. The number of rotatable bonds is 8. The summed E-state index contributed by atoms with van der Waals surface area (Å²) in [6, 6.07) is 5.48. The van der Waals surface area contributed by atoms with Crippen LogP contribution in [0.5, 0.6) is 0 Å². The SMILES string of the molecule is CCN=C(NC1CCN(CCOC(C)C)CC1)NC1CC1c1c(F)cccc1Cl. The topological polar surface area (TPSA) is 48.9 Å². The Balaban J connectivity index is 1.45. The van der Waals surface area contributed by atoms with E-state index >= 15 is 0 Å². The zero-order valence-electron chi connectivity index (χ0n) is 17.8. The van der Waals surface area contributed by atoms with E-state index in [2.05, 4.69) is 34.4 Å². The van der Waals surface area contributed by atoms with Crippen molar-refractivity contribution in [2.24, 2.45) is 4.99 Å². The van der Waals surface area contributed by atoms with Crippen LogP contribution in [0.3, 0.4) is 0 Å². The maximum absolute atomic E-state index is 14.2. The summed E-state index contributed by atoms with van der Waals surface area (Å²) in [5.41, 5.74) is 0.624. The summed E-state index contributed by atoms with van der Waals surface area (Å²) in [4.78, 5) is 7.05. The first-order valence-electron chi connectivity index (χ1n) is 10.8. The third kappa shape index (κ3) is 6.56. The molecule has 29 heavy (non-hydrogen) atoms. The summed E-state index contributed by atoms with van der Waals surface area (Å²) >= 11 is 6.22. The third-order valence-corrected chi connectivity index (χ3v) is 5.92. The molecule has 7 heteroatoms. The molecular formula is C22H34ClFN4O. The monoisotopic (exact) mass is 424 g/mol. The molecule has 2 atom stereocenters. The standard InChI is InChI=1S/C22H34ClFN4O/c1-4-25-22(26-16-8-10-28(11-9-16)12-13-29-15(2)3)27-20-14-17(20)21-18(23)6-5-7-19(21)24/h5-7,15-17,20H,4,8-14H2,1-3H3,(H2,25,26,27). The van der Waals surface area contributed by atoms with E-state index in [1.165, 1.54) is 6.07 Å². The van der Waals surface area contributed by atoms with Gasteiger partial charge in [0.25, 0.3) is 0 Å². The predicted octanol–water partition coefficient (Wildman–Crippen LogP) is 3.78. The molecule has 1 saturated carbocycles. The van der Waals surface area contributed by atoms with Gasteiger partial charge in [-0.1, -0.05) is 17.7 Å². The van der Waals surface area contributed by atoms with Gasteiger partial charge in [0.1, 0.15) is 5.82 Å². The van der Waals surface area contributed by atoms with Crippen LogP contribution in [0.4, 0.5) is 4.39 Å². The summed E-state index contributed by atoms with van der Waals surface area (Å²) in [6.45, 7) is 10.8. The Labute approximate surface area is 179 Å². The molecule has 5 nitrogen and oxygen atoms in total. The highest BCUT2D eigenvalue weighted by Gasteiger charge is 2.42. The zero-order chi connectivity index (χ0) is 20.8. The first-order chi connectivity index (χ1) is 14.0. The van der Waals surface area contributed by atoms with Crippen LogP contribution >= 0.6 is 11.6 Å². The normalized spacial score (nSPS) is 23.4. The van der Waals surface area contributed by atoms with Crippen LogP contribution in [0.25, 0.3) is 0 Å². The van der Waals surface area contributed by atoms with Gasteiger partial charge in [-0.2, -0.15) is 0 Å². The number of likely N-dealkylation sites (tertiary alicyclic amines) is 1. The Morgan fingerprint density at radius 1 is 1.31 bits per heavy atom. The maximum Gasteiger partial charge on any atom is 0.191 e. The number of nitrogens with one attached hydrogen (secondary N) is 2. The summed E-state index contributed by atoms with van der Waals surface area (Å²) in [6.07, 6.45) is 3.33. The molecule has 0 bridgehead atoms. The molecule has 2 fully saturated rings. The van der Waals surface area contributed by atoms with E-state index in [0.29, 0.717) is 29.3 Å². The average molecular weight is 425 g/mol. The molecule has 0 amide bonds. The van der Waals surface area contributed by atoms with E-state index in [1.807, 2.05) is 6.92 Å². The molecule has 1 aliphatic carbocycles. The number of hydrogen-bond donors (Lipinski definition) is 2. The molecule has 0 spiro atoms. The van der Waals surface area contributed by atoms with E-state index in [4.69, 9.17) is 16.3 Å². The quantitative estimate of drug-likeness (QED) is 0.492. The zero-order valence-corrected chi connectivity index (χ0v) is 18.5. The number of piperidine rings is 1. The lowest BCUT2D eigenvalue weighted by molar-refractivity contribution is 0.0532. The second kappa shape index (κ2) is 10.6. The third-order valence-electron chi connectivity index (χ3n) is 5.59. The number of benzene rings is 1. The Bertz CT molecular complexity index is 671. The molecule has 2 aliphatic rings. The molecular weight excluding hydrogens is 391 g/mol. The van der Waals surface area contributed by atoms with Crippen molar-refractivity contribution in [3.8, 4) is 0 Å². The summed E-state index contributed by atoms with van der Waals surface area (Å²) < 4.78 is 19.8. The molecule has 162 valence electrons. The molecule has 2 unspecified atom stereocenters. The van der Waals surface area contributed by atoms with Crippen molar-refractivity contribution in [2.75, 3.05) is 32.8 Å². The molecule has 0 aromatic heterocycles. The van der Waals surface area contributed by atoms with Gasteiger partial charge in [-0.25, -0.2) is 4.39 Å². The van der Waals surface area contributed by atoms with Gasteiger partial charge in [-0.15, -0.1) is 0 Å². The molecule has 3 rings (SSSR count). The van der Waals surface area contributed by atoms with E-state index < -0.39 is 0 Å². The number of guanidine groups is 1. The van der Waals surface area contributed by atoms with Crippen LogP contribution in [0.1, 0.15) is 51.5 Å². The second-order valence-electron chi connectivity index (χ2n) is 8.23.